The van der Waals surface area contributed by atoms with Crippen LogP contribution < -0.4 is 0 Å². The van der Waals surface area contributed by atoms with Gasteiger partial charge in [-0.15, -0.1) is 0 Å². The van der Waals surface area contributed by atoms with Crippen molar-refractivity contribution in [3.8, 4) is 11.1 Å². The van der Waals surface area contributed by atoms with Crippen LogP contribution >= 0.6 is 0 Å². The lowest BCUT2D eigenvalue weighted by Crippen LogP contribution is -1.92. The van der Waals surface area contributed by atoms with E-state index in [1.54, 1.807) is 0 Å². The molecule has 1 aromatic carbocycles. The average molecular weight is 186 g/mol. The van der Waals surface area contributed by atoms with E-state index in [0.29, 0.717) is 0 Å². The molecule has 0 radical (unpaired) electrons. The molecule has 2 aromatic rings. The molecular formula is C12H14N2. The quantitative estimate of drug-likeness (QED) is 0.669. The van der Waals surface area contributed by atoms with Gasteiger partial charge < -0.3 is 0 Å². The minimum atomic E-state index is 1.09. The summed E-state index contributed by atoms with van der Waals surface area (Å²) in [5, 5.41) is 4.40. The van der Waals surface area contributed by atoms with Gasteiger partial charge in [-0.05, 0) is 19.4 Å². The van der Waals surface area contributed by atoms with Gasteiger partial charge in [0.15, 0.2) is 0 Å². The molecule has 14 heavy (non-hydrogen) atoms. The van der Waals surface area contributed by atoms with Crippen molar-refractivity contribution in [3.05, 3.63) is 41.7 Å². The highest BCUT2D eigenvalue weighted by Gasteiger charge is 2.10. The molecule has 0 N–H and O–H groups in total. The molecule has 0 fully saturated rings. The number of nitrogens with zero attached hydrogens (tertiary/aromatic N) is 2. The second kappa shape index (κ2) is 3.29. The summed E-state index contributed by atoms with van der Waals surface area (Å²) < 4.78 is 1.93. The summed E-state index contributed by atoms with van der Waals surface area (Å²) in [6.45, 7) is 4.15. The van der Waals surface area contributed by atoms with Gasteiger partial charge in [0.25, 0.3) is 0 Å². The first-order valence-corrected chi connectivity index (χ1v) is 4.76. The first-order valence-electron chi connectivity index (χ1n) is 4.76. The fraction of sp³-hybridized carbons (Fsp3) is 0.250. The van der Waals surface area contributed by atoms with Crippen LogP contribution in [0.15, 0.2) is 30.3 Å². The maximum atomic E-state index is 4.40. The third kappa shape index (κ3) is 1.33. The zero-order valence-corrected chi connectivity index (χ0v) is 8.78. The fourth-order valence-corrected chi connectivity index (χ4v) is 1.80. The zero-order chi connectivity index (χ0) is 10.1. The highest BCUT2D eigenvalue weighted by atomic mass is 15.3. The number of hydrogen-bond donors (Lipinski definition) is 0. The molecule has 1 heterocycles. The first kappa shape index (κ1) is 9.00. The normalized spacial score (nSPS) is 10.5. The van der Waals surface area contributed by atoms with E-state index >= 15 is 0 Å². The molecule has 2 rings (SSSR count). The van der Waals surface area contributed by atoms with E-state index in [0.717, 1.165) is 5.69 Å². The summed E-state index contributed by atoms with van der Waals surface area (Å²) in [5.74, 6) is 0. The van der Waals surface area contributed by atoms with Crippen molar-refractivity contribution >= 4 is 0 Å². The second-order valence-electron chi connectivity index (χ2n) is 3.54. The predicted molar refractivity (Wildman–Crippen MR) is 58.1 cm³/mol. The largest absolute Gasteiger partial charge is 0.272 e. The summed E-state index contributed by atoms with van der Waals surface area (Å²) in [6.07, 6.45) is 0. The maximum absolute atomic E-state index is 4.40. The Balaban J connectivity index is 2.62. The first-order chi connectivity index (χ1) is 6.70. The smallest absolute Gasteiger partial charge is 0.0674 e. The van der Waals surface area contributed by atoms with Gasteiger partial charge in [0, 0.05) is 18.3 Å². The van der Waals surface area contributed by atoms with Crippen LogP contribution in [0.4, 0.5) is 0 Å². The minimum Gasteiger partial charge on any atom is -0.272 e. The molecule has 0 unspecified atom stereocenters. The van der Waals surface area contributed by atoms with E-state index in [4.69, 9.17) is 0 Å². The van der Waals surface area contributed by atoms with Crippen LogP contribution in [0.1, 0.15) is 11.4 Å². The van der Waals surface area contributed by atoms with Crippen LogP contribution in [0.5, 0.6) is 0 Å². The van der Waals surface area contributed by atoms with Crippen molar-refractivity contribution in [2.45, 2.75) is 13.8 Å². The summed E-state index contributed by atoms with van der Waals surface area (Å²) in [4.78, 5) is 0. The Morgan fingerprint density at radius 2 is 1.71 bits per heavy atom. The summed E-state index contributed by atoms with van der Waals surface area (Å²) in [7, 11) is 1.98. The molecule has 0 atom stereocenters. The molecule has 72 valence electrons. The van der Waals surface area contributed by atoms with E-state index in [2.05, 4.69) is 43.2 Å². The standard InChI is InChI=1S/C12H14N2/c1-9-12(10(2)14(3)13-9)11-7-5-4-6-8-11/h4-8H,1-3H3. The average Bonchev–Trinajstić information content (AvgIpc) is 2.43. The Bertz CT molecular complexity index is 441. The SMILES string of the molecule is Cc1nn(C)c(C)c1-c1ccccc1. The summed E-state index contributed by atoms with van der Waals surface area (Å²) in [5.41, 5.74) is 4.81. The molecule has 1 aromatic heterocycles. The summed E-state index contributed by atoms with van der Waals surface area (Å²) >= 11 is 0. The van der Waals surface area contributed by atoms with E-state index in [9.17, 15) is 0 Å². The number of aryl methyl sites for hydroxylation is 2. The third-order valence-electron chi connectivity index (χ3n) is 2.57. The predicted octanol–water partition coefficient (Wildman–Crippen LogP) is 2.70. The molecule has 0 aliphatic carbocycles. The van der Waals surface area contributed by atoms with Crippen molar-refractivity contribution in [3.63, 3.8) is 0 Å². The third-order valence-corrected chi connectivity index (χ3v) is 2.57. The van der Waals surface area contributed by atoms with Crippen LogP contribution in [0.3, 0.4) is 0 Å². The summed E-state index contributed by atoms with van der Waals surface area (Å²) in [6, 6.07) is 10.4. The Hall–Kier alpha value is -1.57. The molecule has 2 heteroatoms. The lowest BCUT2D eigenvalue weighted by Gasteiger charge is -2.01. The van der Waals surface area contributed by atoms with Crippen LogP contribution in [0.25, 0.3) is 11.1 Å². The van der Waals surface area contributed by atoms with Crippen molar-refractivity contribution in [1.82, 2.24) is 9.78 Å². The van der Waals surface area contributed by atoms with Gasteiger partial charge in [0.1, 0.15) is 0 Å². The van der Waals surface area contributed by atoms with Crippen molar-refractivity contribution < 1.29 is 0 Å². The molecule has 0 saturated heterocycles. The molecule has 0 spiro atoms. The Labute approximate surface area is 84.2 Å². The fourth-order valence-electron chi connectivity index (χ4n) is 1.80. The van der Waals surface area contributed by atoms with Crippen LogP contribution in [0.2, 0.25) is 0 Å². The highest BCUT2D eigenvalue weighted by Crippen LogP contribution is 2.25. The molecule has 0 aliphatic rings. The van der Waals surface area contributed by atoms with Crippen molar-refractivity contribution in [1.29, 1.82) is 0 Å². The van der Waals surface area contributed by atoms with E-state index in [-0.39, 0.29) is 0 Å². The molecular weight excluding hydrogens is 172 g/mol. The molecule has 0 amide bonds. The Kier molecular flexibility index (Phi) is 2.12. The molecule has 0 saturated carbocycles. The van der Waals surface area contributed by atoms with Crippen molar-refractivity contribution in [2.24, 2.45) is 7.05 Å². The number of rotatable bonds is 1. The van der Waals surface area contributed by atoms with Gasteiger partial charge in [-0.2, -0.15) is 5.10 Å². The van der Waals surface area contributed by atoms with Gasteiger partial charge >= 0.3 is 0 Å². The van der Waals surface area contributed by atoms with Gasteiger partial charge in [-0.25, -0.2) is 0 Å². The Morgan fingerprint density at radius 3 is 2.21 bits per heavy atom. The van der Waals surface area contributed by atoms with Gasteiger partial charge in [0.05, 0.1) is 5.69 Å². The molecule has 0 bridgehead atoms. The molecule has 0 aliphatic heterocycles. The van der Waals surface area contributed by atoms with E-state index in [1.807, 2.05) is 17.8 Å². The highest BCUT2D eigenvalue weighted by molar-refractivity contribution is 5.68. The number of benzene rings is 1. The zero-order valence-electron chi connectivity index (χ0n) is 8.78. The van der Waals surface area contributed by atoms with Gasteiger partial charge in [-0.1, -0.05) is 30.3 Å². The molecule has 2 nitrogen and oxygen atoms in total. The van der Waals surface area contributed by atoms with Crippen molar-refractivity contribution in [2.75, 3.05) is 0 Å². The number of hydrogen-bond acceptors (Lipinski definition) is 1. The lowest BCUT2D eigenvalue weighted by atomic mass is 10.0. The number of aromatic nitrogens is 2. The van der Waals surface area contributed by atoms with Gasteiger partial charge in [-0.3, -0.25) is 4.68 Å². The van der Waals surface area contributed by atoms with Crippen LogP contribution in [0, 0.1) is 13.8 Å². The van der Waals surface area contributed by atoms with Gasteiger partial charge in [0.2, 0.25) is 0 Å². The lowest BCUT2D eigenvalue weighted by molar-refractivity contribution is 0.731. The Morgan fingerprint density at radius 1 is 1.07 bits per heavy atom. The van der Waals surface area contributed by atoms with Crippen LogP contribution in [-0.2, 0) is 7.05 Å². The topological polar surface area (TPSA) is 17.8 Å². The second-order valence-corrected chi connectivity index (χ2v) is 3.54. The maximum Gasteiger partial charge on any atom is 0.0674 e. The minimum absolute atomic E-state index is 1.09. The van der Waals surface area contributed by atoms with Crippen LogP contribution in [-0.4, -0.2) is 9.78 Å². The van der Waals surface area contributed by atoms with E-state index < -0.39 is 0 Å². The monoisotopic (exact) mass is 186 g/mol. The van der Waals surface area contributed by atoms with E-state index in [1.165, 1.54) is 16.8 Å².